The van der Waals surface area contributed by atoms with Crippen LogP contribution in [0.3, 0.4) is 0 Å². The predicted molar refractivity (Wildman–Crippen MR) is 123 cm³/mol. The molecule has 0 fully saturated rings. The van der Waals surface area contributed by atoms with E-state index in [0.29, 0.717) is 0 Å². The second-order valence-electron chi connectivity index (χ2n) is 5.97. The number of carbonyl (C=O) groups is 1. The van der Waals surface area contributed by atoms with E-state index in [1.165, 1.54) is 6.92 Å². The normalized spacial score (nSPS) is 22.4. The summed E-state index contributed by atoms with van der Waals surface area (Å²) in [5, 5.41) is 0. The molecule has 11 heteroatoms. The third-order valence-corrected chi connectivity index (χ3v) is 3.82. The summed E-state index contributed by atoms with van der Waals surface area (Å²) >= 11 is 0. The summed E-state index contributed by atoms with van der Waals surface area (Å²) in [6.45, 7) is -5.14. The quantitative estimate of drug-likeness (QED) is 0.645. The Morgan fingerprint density at radius 3 is 2.75 bits per heavy atom. The van der Waals surface area contributed by atoms with Gasteiger partial charge in [0.2, 0.25) is 0 Å². The van der Waals surface area contributed by atoms with E-state index in [0.717, 1.165) is 7.11 Å². The number of nitrogens with zero attached hydrogens (tertiary/aromatic N) is 5. The van der Waals surface area contributed by atoms with Gasteiger partial charge in [0, 0.05) is 28.4 Å². The Labute approximate surface area is 199 Å². The van der Waals surface area contributed by atoms with E-state index < -0.39 is 108 Å². The second kappa shape index (κ2) is 9.25. The van der Waals surface area contributed by atoms with Crippen molar-refractivity contribution in [3.63, 3.8) is 0 Å². The van der Waals surface area contributed by atoms with Crippen LogP contribution in [0.5, 0.6) is 0 Å². The van der Waals surface area contributed by atoms with Crippen LogP contribution in [0.15, 0.2) is 45.8 Å². The minimum absolute atomic E-state index is 0.110. The number of hydrogen-bond acceptors (Lipinski definition) is 8. The Kier molecular flexibility index (Phi) is 3.45. The predicted octanol–water partition coefficient (Wildman–Crippen LogP) is 2.20. The van der Waals surface area contributed by atoms with Crippen LogP contribution in [0.2, 0.25) is 0 Å². The zero-order valence-electron chi connectivity index (χ0n) is 27.7. The fraction of sp³-hybridized carbons (Fsp3) is 0.190. The lowest BCUT2D eigenvalue weighted by Gasteiger charge is -2.19. The zero-order chi connectivity index (χ0) is 32.9. The number of carbonyl (C=O) groups excluding carboxylic acids is 1. The van der Waals surface area contributed by atoms with Crippen molar-refractivity contribution in [2.45, 2.75) is 13.4 Å². The molecule has 0 saturated heterocycles. The summed E-state index contributed by atoms with van der Waals surface area (Å²) in [6.07, 6.45) is -2.24. The molecule has 32 heavy (non-hydrogen) atoms. The molecule has 0 atom stereocenters. The van der Waals surface area contributed by atoms with E-state index in [9.17, 15) is 4.79 Å². The number of dihydropyridines is 1. The van der Waals surface area contributed by atoms with Crippen LogP contribution >= 0.6 is 0 Å². The maximum Gasteiger partial charge on any atom is 0.413 e. The summed E-state index contributed by atoms with van der Waals surface area (Å²) in [5.41, 5.74) is 14.7. The third-order valence-electron chi connectivity index (χ3n) is 3.82. The SMILES string of the molecule is [2H]C1=NC(=NC([2H])([2H])c2c([2H])c(C)c([2H])c([2H])c2F)C(=C(N)c2nc(N)c(N(C(=O)OC)C([2H])([2H])[2H])c(N)n2)C([2H])=C1[2H]. The number of nitrogens with two attached hydrogens (primary N) is 3. The van der Waals surface area contributed by atoms with Gasteiger partial charge in [-0.05, 0) is 25.1 Å². The summed E-state index contributed by atoms with van der Waals surface area (Å²) in [4.78, 5) is 27.4. The molecule has 0 spiro atoms. The average molecular weight is 450 g/mol. The molecule has 0 aliphatic carbocycles. The van der Waals surface area contributed by atoms with E-state index in [-0.39, 0.29) is 10.5 Å². The fourth-order valence-corrected chi connectivity index (χ4v) is 2.36. The van der Waals surface area contributed by atoms with E-state index in [4.69, 9.17) is 32.3 Å². The van der Waals surface area contributed by atoms with Gasteiger partial charge in [0.25, 0.3) is 0 Å². The Morgan fingerprint density at radius 2 is 2.09 bits per heavy atom. The van der Waals surface area contributed by atoms with Crippen LogP contribution in [0.1, 0.15) is 32.0 Å². The van der Waals surface area contributed by atoms with Gasteiger partial charge in [-0.3, -0.25) is 9.89 Å². The molecular weight excluding hydrogens is 415 g/mol. The summed E-state index contributed by atoms with van der Waals surface area (Å²) < 4.78 is 107. The van der Waals surface area contributed by atoms with Crippen molar-refractivity contribution in [3.05, 3.63) is 58.6 Å². The van der Waals surface area contributed by atoms with Crippen molar-refractivity contribution in [1.82, 2.24) is 9.97 Å². The molecule has 10 nitrogen and oxygen atoms in total. The molecule has 0 radical (unpaired) electrons. The monoisotopic (exact) mass is 449 g/mol. The molecule has 6 N–H and O–H groups in total. The Bertz CT molecular complexity index is 1620. The van der Waals surface area contributed by atoms with Gasteiger partial charge in [-0.15, -0.1) is 0 Å². The summed E-state index contributed by atoms with van der Waals surface area (Å²) in [6, 6.07) is -4.04. The first kappa shape index (κ1) is 11.9. The topological polar surface area (TPSA) is 158 Å². The summed E-state index contributed by atoms with van der Waals surface area (Å²) in [5.74, 6) is -4.40. The highest BCUT2D eigenvalue weighted by Gasteiger charge is 2.22. The molecule has 2 aromatic rings. The molecule has 1 aliphatic heterocycles. The van der Waals surface area contributed by atoms with Crippen LogP contribution in [0, 0.1) is 12.7 Å². The Hall–Kier alpha value is -4.28. The number of benzene rings is 1. The lowest BCUT2D eigenvalue weighted by atomic mass is 10.1. The molecule has 0 bridgehead atoms. The third kappa shape index (κ3) is 4.56. The first-order valence-electron chi connectivity index (χ1n) is 14.1. The maximum atomic E-state index is 15.0. The van der Waals surface area contributed by atoms with Gasteiger partial charge in [0.15, 0.2) is 23.3 Å². The van der Waals surface area contributed by atoms with Crippen LogP contribution < -0.4 is 22.1 Å². The number of methoxy groups -OCH3 is 1. The highest BCUT2D eigenvalue weighted by molar-refractivity contribution is 6.13. The Morgan fingerprint density at radius 1 is 1.38 bits per heavy atom. The van der Waals surface area contributed by atoms with E-state index in [1.807, 2.05) is 0 Å². The van der Waals surface area contributed by atoms with Crippen LogP contribution in [0.4, 0.5) is 26.5 Å². The van der Waals surface area contributed by atoms with Crippen molar-refractivity contribution >= 4 is 41.1 Å². The first-order valence-corrected chi connectivity index (χ1v) is 8.58. The number of hydrogen-bond donors (Lipinski definition) is 3. The molecule has 1 amide bonds. The van der Waals surface area contributed by atoms with Crippen molar-refractivity contribution in [1.29, 1.82) is 0 Å². The molecule has 1 aromatic carbocycles. The molecule has 3 rings (SSSR count). The number of ether oxygens (including phenoxy) is 1. The summed E-state index contributed by atoms with van der Waals surface area (Å²) in [7, 11) is 0.901. The molecule has 1 aromatic heterocycles. The number of aromatic nitrogens is 2. The van der Waals surface area contributed by atoms with Crippen molar-refractivity contribution < 1.29 is 29.0 Å². The molecule has 1 aliphatic rings. The van der Waals surface area contributed by atoms with E-state index >= 15 is 4.39 Å². The lowest BCUT2D eigenvalue weighted by molar-refractivity contribution is 0.180. The van der Waals surface area contributed by atoms with E-state index in [1.54, 1.807) is 0 Å². The average Bonchev–Trinajstić information content (AvgIpc) is 2.89. The number of nitrogen functional groups attached to an aromatic ring is 2. The molecule has 166 valence electrons. The molecular formula is C21H23FN8O2. The number of allylic oxidation sites excluding steroid dienone is 1. The molecule has 2 heterocycles. The number of anilines is 3. The zero-order valence-corrected chi connectivity index (χ0v) is 16.7. The Balaban J connectivity index is 2.33. The van der Waals surface area contributed by atoms with Gasteiger partial charge in [-0.25, -0.2) is 24.1 Å². The number of aliphatic imine (C=N–C) groups is 2. The minimum atomic E-state index is -3.19. The van der Waals surface area contributed by atoms with Crippen molar-refractivity contribution in [3.8, 4) is 0 Å². The van der Waals surface area contributed by atoms with Crippen LogP contribution in [0.25, 0.3) is 5.70 Å². The highest BCUT2D eigenvalue weighted by atomic mass is 19.1. The first-order chi connectivity index (χ1) is 19.7. The number of halogens is 1. The van der Waals surface area contributed by atoms with Gasteiger partial charge in [0.05, 0.1) is 30.3 Å². The van der Waals surface area contributed by atoms with E-state index in [2.05, 4.69) is 24.7 Å². The molecule has 0 unspecified atom stereocenters. The smallest absolute Gasteiger partial charge is 0.413 e. The number of amides is 1. The van der Waals surface area contributed by atoms with Gasteiger partial charge >= 0.3 is 6.09 Å². The largest absolute Gasteiger partial charge is 0.452 e. The van der Waals surface area contributed by atoms with Crippen molar-refractivity contribution in [2.75, 3.05) is 30.5 Å². The van der Waals surface area contributed by atoms with Gasteiger partial charge < -0.3 is 21.9 Å². The molecule has 0 saturated carbocycles. The standard InChI is InChI=1S/C21H23FN8O2/c1-11-6-7-14(22)12(9-11)10-27-19-13(5-4-8-26-19)15(23)20-28-17(24)16(18(25)29-20)30(2)21(31)32-3/h4-9H,10,23H2,1-3H3,(H4,24,25,28,29)/i2D3,4D,5D,6D,7D,8D,9D,10D2. The number of rotatable bonds is 4. The fourth-order valence-electron chi connectivity index (χ4n) is 2.36. The van der Waals surface area contributed by atoms with Gasteiger partial charge in [-0.2, -0.15) is 0 Å². The lowest BCUT2D eigenvalue weighted by Crippen LogP contribution is -2.28. The van der Waals surface area contributed by atoms with Gasteiger partial charge in [-0.1, -0.05) is 17.6 Å². The minimum Gasteiger partial charge on any atom is -0.452 e. The highest BCUT2D eigenvalue weighted by Crippen LogP contribution is 2.29. The second-order valence-corrected chi connectivity index (χ2v) is 5.97. The van der Waals surface area contributed by atoms with Crippen LogP contribution in [-0.4, -0.2) is 42.2 Å². The maximum absolute atomic E-state index is 15.0. The van der Waals surface area contributed by atoms with Crippen molar-refractivity contribution in [2.24, 2.45) is 15.7 Å². The van der Waals surface area contributed by atoms with Crippen LogP contribution in [-0.2, 0) is 11.2 Å². The number of amidine groups is 1. The van der Waals surface area contributed by atoms with Gasteiger partial charge in [0.1, 0.15) is 11.5 Å².